The maximum absolute atomic E-state index is 10.4. The van der Waals surface area contributed by atoms with Gasteiger partial charge in [-0.1, -0.05) is 60.7 Å². The average Bonchev–Trinajstić information content (AvgIpc) is 2.49. The van der Waals surface area contributed by atoms with Crippen LogP contribution in [0.15, 0.2) is 60.7 Å². The highest BCUT2D eigenvalue weighted by Crippen LogP contribution is 2.19. The first-order valence-corrected chi connectivity index (χ1v) is 6.81. The summed E-state index contributed by atoms with van der Waals surface area (Å²) >= 11 is 0. The third-order valence-corrected chi connectivity index (χ3v) is 3.39. The van der Waals surface area contributed by atoms with Gasteiger partial charge in [0.25, 0.3) is 0 Å². The Morgan fingerprint density at radius 2 is 1.55 bits per heavy atom. The average molecular weight is 271 g/mol. The van der Waals surface area contributed by atoms with Gasteiger partial charge in [-0.25, -0.2) is 0 Å². The lowest BCUT2D eigenvalue weighted by Crippen LogP contribution is -2.37. The van der Waals surface area contributed by atoms with Gasteiger partial charge in [0.05, 0.1) is 11.7 Å². The van der Waals surface area contributed by atoms with Crippen LogP contribution in [0.5, 0.6) is 0 Å². The van der Waals surface area contributed by atoms with Crippen molar-refractivity contribution < 1.29 is 10.2 Å². The SMILES string of the molecule is CC(O)(CNCC(O)c1ccccc1)c1ccccc1. The fourth-order valence-corrected chi connectivity index (χ4v) is 2.14. The maximum atomic E-state index is 10.4. The van der Waals surface area contributed by atoms with Gasteiger partial charge in [0, 0.05) is 13.1 Å². The van der Waals surface area contributed by atoms with Crippen LogP contribution < -0.4 is 5.32 Å². The summed E-state index contributed by atoms with van der Waals surface area (Å²) < 4.78 is 0. The predicted octanol–water partition coefficient (Wildman–Crippen LogP) is 2.22. The van der Waals surface area contributed by atoms with Crippen LogP contribution in [0.25, 0.3) is 0 Å². The molecule has 0 aromatic heterocycles. The summed E-state index contributed by atoms with van der Waals surface area (Å²) in [6.45, 7) is 2.57. The first-order chi connectivity index (χ1) is 9.59. The molecule has 0 bridgehead atoms. The van der Waals surface area contributed by atoms with Crippen LogP contribution in [-0.4, -0.2) is 23.3 Å². The number of hydrogen-bond acceptors (Lipinski definition) is 3. The minimum atomic E-state index is -0.947. The van der Waals surface area contributed by atoms with Gasteiger partial charge in [0.15, 0.2) is 0 Å². The van der Waals surface area contributed by atoms with E-state index in [0.717, 1.165) is 11.1 Å². The van der Waals surface area contributed by atoms with Crippen LogP contribution in [0.3, 0.4) is 0 Å². The molecule has 0 spiro atoms. The molecule has 2 atom stereocenters. The summed E-state index contributed by atoms with van der Waals surface area (Å²) in [5.74, 6) is 0. The molecule has 2 aromatic rings. The van der Waals surface area contributed by atoms with Gasteiger partial charge in [-0.2, -0.15) is 0 Å². The molecule has 0 saturated heterocycles. The van der Waals surface area contributed by atoms with E-state index < -0.39 is 11.7 Å². The van der Waals surface area contributed by atoms with Crippen LogP contribution in [0, 0.1) is 0 Å². The third kappa shape index (κ3) is 3.90. The quantitative estimate of drug-likeness (QED) is 0.755. The zero-order valence-corrected chi connectivity index (χ0v) is 11.7. The Morgan fingerprint density at radius 1 is 1.00 bits per heavy atom. The molecule has 3 heteroatoms. The van der Waals surface area contributed by atoms with Gasteiger partial charge in [-0.15, -0.1) is 0 Å². The predicted molar refractivity (Wildman–Crippen MR) is 80.3 cm³/mol. The molecule has 20 heavy (non-hydrogen) atoms. The molecule has 3 nitrogen and oxygen atoms in total. The third-order valence-electron chi connectivity index (χ3n) is 3.39. The Balaban J connectivity index is 1.87. The summed E-state index contributed by atoms with van der Waals surface area (Å²) in [5, 5.41) is 23.6. The standard InChI is InChI=1S/C17H21NO2/c1-17(20,15-10-6-3-7-11-15)13-18-12-16(19)14-8-4-2-5-9-14/h2-11,16,18-20H,12-13H2,1H3. The molecule has 0 amide bonds. The van der Waals surface area contributed by atoms with Gasteiger partial charge in [0.2, 0.25) is 0 Å². The lowest BCUT2D eigenvalue weighted by Gasteiger charge is -2.25. The Kier molecular flexibility index (Phi) is 4.90. The Hall–Kier alpha value is -1.68. The van der Waals surface area contributed by atoms with Crippen molar-refractivity contribution in [3.63, 3.8) is 0 Å². The van der Waals surface area contributed by atoms with E-state index in [0.29, 0.717) is 13.1 Å². The fraction of sp³-hybridized carbons (Fsp3) is 0.294. The van der Waals surface area contributed by atoms with E-state index in [9.17, 15) is 10.2 Å². The van der Waals surface area contributed by atoms with Gasteiger partial charge in [-0.3, -0.25) is 0 Å². The first-order valence-electron chi connectivity index (χ1n) is 6.81. The molecule has 3 N–H and O–H groups in total. The summed E-state index contributed by atoms with van der Waals surface area (Å²) in [6.07, 6.45) is -0.567. The van der Waals surface area contributed by atoms with Crippen molar-refractivity contribution in [2.24, 2.45) is 0 Å². The zero-order valence-electron chi connectivity index (χ0n) is 11.7. The van der Waals surface area contributed by atoms with Crippen molar-refractivity contribution in [2.75, 3.05) is 13.1 Å². The van der Waals surface area contributed by atoms with Gasteiger partial charge in [-0.05, 0) is 18.1 Å². The molecule has 2 aromatic carbocycles. The number of aliphatic hydroxyl groups excluding tert-OH is 1. The van der Waals surface area contributed by atoms with Gasteiger partial charge >= 0.3 is 0 Å². The molecule has 0 saturated carbocycles. The van der Waals surface area contributed by atoms with Crippen molar-refractivity contribution in [1.29, 1.82) is 0 Å². The molecule has 0 aliphatic rings. The van der Waals surface area contributed by atoms with Gasteiger partial charge < -0.3 is 15.5 Å². The van der Waals surface area contributed by atoms with E-state index in [1.807, 2.05) is 60.7 Å². The Morgan fingerprint density at radius 3 is 2.15 bits per heavy atom. The molecule has 2 unspecified atom stereocenters. The molecule has 2 rings (SSSR count). The Bertz CT molecular complexity index is 511. The first kappa shape index (κ1) is 14.7. The highest BCUT2D eigenvalue weighted by molar-refractivity contribution is 5.22. The smallest absolute Gasteiger partial charge is 0.0992 e. The number of hydrogen-bond donors (Lipinski definition) is 3. The minimum absolute atomic E-state index is 0.390. The second kappa shape index (κ2) is 6.66. The molecular weight excluding hydrogens is 250 g/mol. The van der Waals surface area contributed by atoms with Crippen LogP contribution in [-0.2, 0) is 5.60 Å². The van der Waals surface area contributed by atoms with Crippen molar-refractivity contribution in [2.45, 2.75) is 18.6 Å². The molecule has 0 radical (unpaired) electrons. The van der Waals surface area contributed by atoms with Crippen molar-refractivity contribution in [1.82, 2.24) is 5.32 Å². The van der Waals surface area contributed by atoms with Crippen LogP contribution in [0.2, 0.25) is 0 Å². The summed E-state index contributed by atoms with van der Waals surface area (Å²) in [6, 6.07) is 19.0. The number of nitrogens with one attached hydrogen (secondary N) is 1. The molecular formula is C17H21NO2. The van der Waals surface area contributed by atoms with Crippen molar-refractivity contribution >= 4 is 0 Å². The molecule has 0 heterocycles. The molecule has 0 aliphatic carbocycles. The lowest BCUT2D eigenvalue weighted by molar-refractivity contribution is 0.0524. The lowest BCUT2D eigenvalue weighted by atomic mass is 9.96. The van der Waals surface area contributed by atoms with Gasteiger partial charge in [0.1, 0.15) is 0 Å². The van der Waals surface area contributed by atoms with Crippen molar-refractivity contribution in [3.05, 3.63) is 71.8 Å². The number of aliphatic hydroxyl groups is 2. The second-order valence-corrected chi connectivity index (χ2v) is 5.20. The van der Waals surface area contributed by atoms with E-state index in [1.54, 1.807) is 6.92 Å². The molecule has 0 fully saturated rings. The zero-order chi connectivity index (χ0) is 14.4. The number of benzene rings is 2. The molecule has 0 aliphatic heterocycles. The number of rotatable bonds is 6. The Labute approximate surface area is 119 Å². The highest BCUT2D eigenvalue weighted by atomic mass is 16.3. The molecule has 106 valence electrons. The van der Waals surface area contributed by atoms with Crippen LogP contribution in [0.1, 0.15) is 24.2 Å². The van der Waals surface area contributed by atoms with E-state index in [2.05, 4.69) is 5.32 Å². The van der Waals surface area contributed by atoms with Crippen LogP contribution in [0.4, 0.5) is 0 Å². The van der Waals surface area contributed by atoms with Crippen LogP contribution >= 0.6 is 0 Å². The van der Waals surface area contributed by atoms with Crippen molar-refractivity contribution in [3.8, 4) is 0 Å². The minimum Gasteiger partial charge on any atom is -0.387 e. The highest BCUT2D eigenvalue weighted by Gasteiger charge is 2.22. The topological polar surface area (TPSA) is 52.5 Å². The largest absolute Gasteiger partial charge is 0.387 e. The normalized spacial score (nSPS) is 15.6. The summed E-state index contributed by atoms with van der Waals surface area (Å²) in [5.41, 5.74) is 0.790. The monoisotopic (exact) mass is 271 g/mol. The summed E-state index contributed by atoms with van der Waals surface area (Å²) in [7, 11) is 0. The van der Waals surface area contributed by atoms with E-state index in [4.69, 9.17) is 0 Å². The van der Waals surface area contributed by atoms with E-state index in [1.165, 1.54) is 0 Å². The maximum Gasteiger partial charge on any atom is 0.0992 e. The van der Waals surface area contributed by atoms with E-state index in [-0.39, 0.29) is 0 Å². The second-order valence-electron chi connectivity index (χ2n) is 5.20. The summed E-state index contributed by atoms with van der Waals surface area (Å²) in [4.78, 5) is 0. The van der Waals surface area contributed by atoms with E-state index >= 15 is 0 Å². The fourth-order valence-electron chi connectivity index (χ4n) is 2.14.